The van der Waals surface area contributed by atoms with Crippen LogP contribution in [0, 0.1) is 17.1 Å². The Balaban J connectivity index is 2.24. The number of aromatic nitrogens is 1. The molecule has 0 unspecified atom stereocenters. The predicted molar refractivity (Wildman–Crippen MR) is 77.5 cm³/mol. The first-order valence-electron chi connectivity index (χ1n) is 6.35. The summed E-state index contributed by atoms with van der Waals surface area (Å²) in [6, 6.07) is 8.93. The van der Waals surface area contributed by atoms with Gasteiger partial charge < -0.3 is 10.6 Å². The lowest BCUT2D eigenvalue weighted by Crippen LogP contribution is -2.16. The highest BCUT2D eigenvalue weighted by Crippen LogP contribution is 2.18. The first kappa shape index (κ1) is 14.5. The Morgan fingerprint density at radius 3 is 2.90 bits per heavy atom. The lowest BCUT2D eigenvalue weighted by Gasteiger charge is -2.10. The summed E-state index contributed by atoms with van der Waals surface area (Å²) >= 11 is 0. The molecular weight excluding hydrogens is 271 g/mol. The number of nitrogens with one attached hydrogen (secondary N) is 2. The summed E-state index contributed by atoms with van der Waals surface area (Å²) in [5.41, 5.74) is 0.536. The smallest absolute Gasteiger partial charge is 0.259 e. The summed E-state index contributed by atoms with van der Waals surface area (Å²) in [5, 5.41) is 14.1. The van der Waals surface area contributed by atoms with Crippen LogP contribution in [-0.4, -0.2) is 17.4 Å². The molecule has 0 saturated heterocycles. The van der Waals surface area contributed by atoms with Gasteiger partial charge in [-0.25, -0.2) is 9.37 Å². The first-order valence-corrected chi connectivity index (χ1v) is 6.35. The van der Waals surface area contributed by atoms with Crippen LogP contribution in [0.3, 0.4) is 0 Å². The van der Waals surface area contributed by atoms with Gasteiger partial charge in [0.05, 0.1) is 22.9 Å². The number of pyridine rings is 1. The minimum atomic E-state index is -0.656. The van der Waals surface area contributed by atoms with Crippen LogP contribution >= 0.6 is 0 Å². The quantitative estimate of drug-likeness (QED) is 0.905. The number of benzene rings is 1. The van der Waals surface area contributed by atoms with Gasteiger partial charge in [-0.05, 0) is 37.3 Å². The van der Waals surface area contributed by atoms with E-state index in [2.05, 4.69) is 15.6 Å². The number of carbonyl (C=O) groups is 1. The highest BCUT2D eigenvalue weighted by atomic mass is 19.1. The van der Waals surface area contributed by atoms with Crippen LogP contribution in [0.25, 0.3) is 0 Å². The molecule has 0 aliphatic carbocycles. The molecule has 2 N–H and O–H groups in total. The number of rotatable bonds is 4. The topological polar surface area (TPSA) is 77.8 Å². The van der Waals surface area contributed by atoms with Gasteiger partial charge in [-0.15, -0.1) is 0 Å². The monoisotopic (exact) mass is 284 g/mol. The van der Waals surface area contributed by atoms with Gasteiger partial charge in [0.25, 0.3) is 5.91 Å². The van der Waals surface area contributed by atoms with Crippen molar-refractivity contribution in [1.29, 1.82) is 5.26 Å². The van der Waals surface area contributed by atoms with Crippen LogP contribution in [0.15, 0.2) is 36.5 Å². The minimum Gasteiger partial charge on any atom is -0.370 e. The van der Waals surface area contributed by atoms with E-state index in [0.717, 1.165) is 6.07 Å². The number of nitrogens with zero attached hydrogens (tertiary/aromatic N) is 2. The van der Waals surface area contributed by atoms with Gasteiger partial charge in [0.1, 0.15) is 11.6 Å². The molecule has 0 spiro atoms. The van der Waals surface area contributed by atoms with Crippen molar-refractivity contribution in [3.8, 4) is 6.07 Å². The Labute approximate surface area is 121 Å². The van der Waals surface area contributed by atoms with Crippen molar-refractivity contribution < 1.29 is 9.18 Å². The lowest BCUT2D eigenvalue weighted by atomic mass is 10.2. The number of anilines is 2. The van der Waals surface area contributed by atoms with E-state index >= 15 is 0 Å². The van der Waals surface area contributed by atoms with Crippen molar-refractivity contribution in [3.63, 3.8) is 0 Å². The average Bonchev–Trinajstić information content (AvgIpc) is 2.50. The zero-order valence-electron chi connectivity index (χ0n) is 11.4. The molecule has 21 heavy (non-hydrogen) atoms. The van der Waals surface area contributed by atoms with Crippen LogP contribution in [-0.2, 0) is 0 Å². The molecule has 1 aromatic carbocycles. The molecule has 1 heterocycles. The standard InChI is InChI=1S/C15H13FN4O/c1-2-18-14-11(4-3-7-19-14)15(21)20-13-6-5-10(9-17)8-12(13)16/h3-8H,2H2,1H3,(H,18,19)(H,20,21). The van der Waals surface area contributed by atoms with E-state index in [-0.39, 0.29) is 11.3 Å². The molecule has 106 valence electrons. The van der Waals surface area contributed by atoms with Gasteiger partial charge in [0.15, 0.2) is 0 Å². The summed E-state index contributed by atoms with van der Waals surface area (Å²) in [4.78, 5) is 16.3. The molecule has 2 aromatic rings. The van der Waals surface area contributed by atoms with E-state index in [9.17, 15) is 9.18 Å². The Morgan fingerprint density at radius 2 is 2.24 bits per heavy atom. The Kier molecular flexibility index (Phi) is 4.46. The molecule has 6 heteroatoms. The number of halogens is 1. The first-order chi connectivity index (χ1) is 10.2. The number of carbonyl (C=O) groups excluding carboxylic acids is 1. The third-order valence-electron chi connectivity index (χ3n) is 2.74. The van der Waals surface area contributed by atoms with E-state index in [0.29, 0.717) is 17.9 Å². The van der Waals surface area contributed by atoms with Crippen molar-refractivity contribution in [2.45, 2.75) is 6.92 Å². The van der Waals surface area contributed by atoms with Crippen LogP contribution in [0.5, 0.6) is 0 Å². The molecular formula is C15H13FN4O. The SMILES string of the molecule is CCNc1ncccc1C(=O)Nc1ccc(C#N)cc1F. The normalized spacial score (nSPS) is 9.76. The van der Waals surface area contributed by atoms with Gasteiger partial charge >= 0.3 is 0 Å². The molecule has 0 atom stereocenters. The number of amides is 1. The Hall–Kier alpha value is -2.94. The zero-order valence-corrected chi connectivity index (χ0v) is 11.4. The Morgan fingerprint density at radius 1 is 1.43 bits per heavy atom. The van der Waals surface area contributed by atoms with E-state index < -0.39 is 11.7 Å². The third kappa shape index (κ3) is 3.34. The molecule has 0 radical (unpaired) electrons. The summed E-state index contributed by atoms with van der Waals surface area (Å²) in [6.45, 7) is 2.50. The van der Waals surface area contributed by atoms with Crippen molar-refractivity contribution in [2.24, 2.45) is 0 Å². The maximum absolute atomic E-state index is 13.8. The van der Waals surface area contributed by atoms with Crippen LogP contribution in [0.1, 0.15) is 22.8 Å². The van der Waals surface area contributed by atoms with Gasteiger partial charge in [-0.1, -0.05) is 0 Å². The van der Waals surface area contributed by atoms with E-state index in [1.807, 2.05) is 13.0 Å². The van der Waals surface area contributed by atoms with Crippen molar-refractivity contribution >= 4 is 17.4 Å². The number of hydrogen-bond donors (Lipinski definition) is 2. The summed E-state index contributed by atoms with van der Waals surface area (Å²) < 4.78 is 13.8. The summed E-state index contributed by atoms with van der Waals surface area (Å²) in [7, 11) is 0. The summed E-state index contributed by atoms with van der Waals surface area (Å²) in [5.74, 6) is -0.689. The largest absolute Gasteiger partial charge is 0.370 e. The van der Waals surface area contributed by atoms with Crippen LogP contribution < -0.4 is 10.6 Å². The van der Waals surface area contributed by atoms with Gasteiger partial charge in [-0.2, -0.15) is 5.26 Å². The van der Waals surface area contributed by atoms with Gasteiger partial charge in [0.2, 0.25) is 0 Å². The van der Waals surface area contributed by atoms with Gasteiger partial charge in [-0.3, -0.25) is 4.79 Å². The molecule has 0 aliphatic rings. The molecule has 1 aromatic heterocycles. The van der Waals surface area contributed by atoms with Crippen molar-refractivity contribution in [1.82, 2.24) is 4.98 Å². The number of nitriles is 1. The fourth-order valence-corrected chi connectivity index (χ4v) is 1.77. The fraction of sp³-hybridized carbons (Fsp3) is 0.133. The van der Waals surface area contributed by atoms with Gasteiger partial charge in [0, 0.05) is 12.7 Å². The van der Waals surface area contributed by atoms with Crippen LogP contribution in [0.4, 0.5) is 15.9 Å². The highest BCUT2D eigenvalue weighted by molar-refractivity contribution is 6.07. The second-order valence-corrected chi connectivity index (χ2v) is 4.19. The number of hydrogen-bond acceptors (Lipinski definition) is 4. The molecule has 0 aliphatic heterocycles. The maximum Gasteiger partial charge on any atom is 0.259 e. The zero-order chi connectivity index (χ0) is 15.2. The minimum absolute atomic E-state index is 0.0188. The van der Waals surface area contributed by atoms with Crippen LogP contribution in [0.2, 0.25) is 0 Å². The van der Waals surface area contributed by atoms with E-state index in [1.54, 1.807) is 18.3 Å². The van der Waals surface area contributed by atoms with Crippen molar-refractivity contribution in [3.05, 3.63) is 53.5 Å². The molecule has 0 fully saturated rings. The van der Waals surface area contributed by atoms with Crippen molar-refractivity contribution in [2.75, 3.05) is 17.2 Å². The third-order valence-corrected chi connectivity index (χ3v) is 2.74. The molecule has 0 bridgehead atoms. The van der Waals surface area contributed by atoms with E-state index in [4.69, 9.17) is 5.26 Å². The molecule has 0 saturated carbocycles. The maximum atomic E-state index is 13.8. The Bertz CT molecular complexity index is 709. The second-order valence-electron chi connectivity index (χ2n) is 4.19. The molecule has 1 amide bonds. The van der Waals surface area contributed by atoms with E-state index in [1.165, 1.54) is 12.1 Å². The highest BCUT2D eigenvalue weighted by Gasteiger charge is 2.14. The second kappa shape index (κ2) is 6.48. The lowest BCUT2D eigenvalue weighted by molar-refractivity contribution is 0.102. The molecule has 2 rings (SSSR count). The summed E-state index contributed by atoms with van der Waals surface area (Å²) in [6.07, 6.45) is 1.57. The predicted octanol–water partition coefficient (Wildman–Crippen LogP) is 2.78. The fourth-order valence-electron chi connectivity index (χ4n) is 1.77. The average molecular weight is 284 g/mol. The molecule has 5 nitrogen and oxygen atoms in total.